The van der Waals surface area contributed by atoms with Gasteiger partial charge in [-0.2, -0.15) is 0 Å². The number of halogens is 2. The number of ether oxygens (including phenoxy) is 1. The van der Waals surface area contributed by atoms with Gasteiger partial charge in [-0.3, -0.25) is 0 Å². The first kappa shape index (κ1) is 11.9. The molecular formula is C9H11BF2O3. The Bertz CT molecular complexity index is 331. The van der Waals surface area contributed by atoms with E-state index in [0.29, 0.717) is 0 Å². The molecular weight excluding hydrogens is 205 g/mol. The molecule has 0 heterocycles. The lowest BCUT2D eigenvalue weighted by Gasteiger charge is -2.11. The second-order valence-corrected chi connectivity index (χ2v) is 2.90. The minimum Gasteiger partial charge on any atom is -0.494 e. The maximum Gasteiger partial charge on any atom is 0.492 e. The van der Waals surface area contributed by atoms with Crippen LogP contribution in [0.15, 0.2) is 18.2 Å². The van der Waals surface area contributed by atoms with Crippen LogP contribution in [0.25, 0.3) is 0 Å². The first-order valence-corrected chi connectivity index (χ1v) is 4.47. The van der Waals surface area contributed by atoms with Crippen LogP contribution in [0.1, 0.15) is 18.9 Å². The van der Waals surface area contributed by atoms with Crippen molar-refractivity contribution in [3.8, 4) is 5.75 Å². The van der Waals surface area contributed by atoms with E-state index in [2.05, 4.69) is 0 Å². The van der Waals surface area contributed by atoms with Crippen molar-refractivity contribution >= 4 is 12.6 Å². The van der Waals surface area contributed by atoms with E-state index in [9.17, 15) is 8.78 Å². The zero-order chi connectivity index (χ0) is 11.4. The van der Waals surface area contributed by atoms with Gasteiger partial charge >= 0.3 is 7.12 Å². The second-order valence-electron chi connectivity index (χ2n) is 2.90. The minimum absolute atomic E-state index is 0.0744. The summed E-state index contributed by atoms with van der Waals surface area (Å²) < 4.78 is 29.7. The lowest BCUT2D eigenvalue weighted by molar-refractivity contribution is 0.151. The van der Waals surface area contributed by atoms with Gasteiger partial charge in [-0.05, 0) is 13.0 Å². The third kappa shape index (κ3) is 2.90. The van der Waals surface area contributed by atoms with Crippen LogP contribution in [0.3, 0.4) is 0 Å². The van der Waals surface area contributed by atoms with Crippen LogP contribution in [0.5, 0.6) is 5.75 Å². The van der Waals surface area contributed by atoms with Gasteiger partial charge in [-0.25, -0.2) is 8.78 Å². The van der Waals surface area contributed by atoms with Crippen molar-refractivity contribution in [2.75, 3.05) is 6.61 Å². The average molecular weight is 216 g/mol. The van der Waals surface area contributed by atoms with Crippen molar-refractivity contribution in [2.45, 2.75) is 13.3 Å². The van der Waals surface area contributed by atoms with E-state index in [-0.39, 0.29) is 23.4 Å². The van der Waals surface area contributed by atoms with Crippen molar-refractivity contribution in [1.82, 2.24) is 0 Å². The Morgan fingerprint density at radius 2 is 2.07 bits per heavy atom. The van der Waals surface area contributed by atoms with Crippen molar-refractivity contribution < 1.29 is 23.6 Å². The smallest absolute Gasteiger partial charge is 0.492 e. The molecule has 3 nitrogen and oxygen atoms in total. The Hall–Kier alpha value is -1.14. The summed E-state index contributed by atoms with van der Waals surface area (Å²) in [7, 11) is -1.72. The second kappa shape index (κ2) is 5.09. The molecule has 0 radical (unpaired) electrons. The summed E-state index contributed by atoms with van der Waals surface area (Å²) in [5.41, 5.74) is -0.121. The maximum absolute atomic E-state index is 12.3. The first-order valence-electron chi connectivity index (χ1n) is 4.47. The largest absolute Gasteiger partial charge is 0.494 e. The van der Waals surface area contributed by atoms with Crippen LogP contribution < -0.4 is 10.2 Å². The highest BCUT2D eigenvalue weighted by molar-refractivity contribution is 6.59. The van der Waals surface area contributed by atoms with E-state index in [1.807, 2.05) is 0 Å². The molecule has 0 aliphatic rings. The molecule has 0 saturated heterocycles. The molecule has 1 aromatic rings. The van der Waals surface area contributed by atoms with E-state index in [4.69, 9.17) is 14.8 Å². The molecule has 0 aliphatic carbocycles. The number of rotatable bonds is 4. The Kier molecular flexibility index (Phi) is 4.05. The summed E-state index contributed by atoms with van der Waals surface area (Å²) >= 11 is 0. The fourth-order valence-electron chi connectivity index (χ4n) is 1.18. The molecule has 1 rings (SSSR count). The number of hydrogen-bond donors (Lipinski definition) is 2. The summed E-state index contributed by atoms with van der Waals surface area (Å²) in [6.45, 7) is 1.95. The van der Waals surface area contributed by atoms with Crippen LogP contribution in [0.2, 0.25) is 0 Å². The van der Waals surface area contributed by atoms with Crippen molar-refractivity contribution in [3.63, 3.8) is 0 Å². The number of alkyl halides is 2. The third-order valence-corrected chi connectivity index (χ3v) is 1.87. The average Bonchev–Trinajstić information content (AvgIpc) is 2.17. The molecule has 6 heteroatoms. The standard InChI is InChI=1S/C9H11BF2O3/c1-2-15-8-5-6(9(11)12)3-4-7(8)10(13)14/h3-5,9,13-14H,2H2,1H3. The van der Waals surface area contributed by atoms with Gasteiger partial charge in [0.25, 0.3) is 6.43 Å². The van der Waals surface area contributed by atoms with Crippen LogP contribution in [0, 0.1) is 0 Å². The van der Waals surface area contributed by atoms with Crippen molar-refractivity contribution in [3.05, 3.63) is 23.8 Å². The zero-order valence-corrected chi connectivity index (χ0v) is 8.15. The number of hydrogen-bond acceptors (Lipinski definition) is 3. The molecule has 82 valence electrons. The van der Waals surface area contributed by atoms with Crippen LogP contribution in [-0.2, 0) is 0 Å². The van der Waals surface area contributed by atoms with E-state index in [1.165, 1.54) is 6.07 Å². The summed E-state index contributed by atoms with van der Waals surface area (Å²) in [6, 6.07) is 3.47. The van der Waals surface area contributed by atoms with Gasteiger partial charge in [0, 0.05) is 11.0 Å². The minimum atomic E-state index is -2.60. The van der Waals surface area contributed by atoms with E-state index in [1.54, 1.807) is 6.92 Å². The molecule has 0 unspecified atom stereocenters. The quantitative estimate of drug-likeness (QED) is 0.728. The van der Waals surface area contributed by atoms with Gasteiger partial charge in [0.15, 0.2) is 0 Å². The zero-order valence-electron chi connectivity index (χ0n) is 8.15. The monoisotopic (exact) mass is 216 g/mol. The van der Waals surface area contributed by atoms with Crippen LogP contribution in [0.4, 0.5) is 8.78 Å². The molecule has 0 spiro atoms. The van der Waals surface area contributed by atoms with E-state index in [0.717, 1.165) is 12.1 Å². The van der Waals surface area contributed by atoms with Crippen LogP contribution >= 0.6 is 0 Å². The van der Waals surface area contributed by atoms with Gasteiger partial charge < -0.3 is 14.8 Å². The van der Waals surface area contributed by atoms with Crippen LogP contribution in [-0.4, -0.2) is 23.8 Å². The van der Waals surface area contributed by atoms with Gasteiger partial charge in [-0.15, -0.1) is 0 Å². The molecule has 0 atom stereocenters. The highest BCUT2D eigenvalue weighted by Gasteiger charge is 2.19. The van der Waals surface area contributed by atoms with Crippen molar-refractivity contribution in [1.29, 1.82) is 0 Å². The fraction of sp³-hybridized carbons (Fsp3) is 0.333. The third-order valence-electron chi connectivity index (χ3n) is 1.87. The molecule has 1 aromatic carbocycles. The highest BCUT2D eigenvalue weighted by atomic mass is 19.3. The van der Waals surface area contributed by atoms with Gasteiger partial charge in [0.05, 0.1) is 6.61 Å². The molecule has 0 fully saturated rings. The van der Waals surface area contributed by atoms with E-state index < -0.39 is 13.5 Å². The highest BCUT2D eigenvalue weighted by Crippen LogP contribution is 2.22. The molecule has 2 N–H and O–H groups in total. The molecule has 0 amide bonds. The fourth-order valence-corrected chi connectivity index (χ4v) is 1.18. The van der Waals surface area contributed by atoms with Gasteiger partial charge in [0.2, 0.25) is 0 Å². The van der Waals surface area contributed by atoms with Gasteiger partial charge in [0.1, 0.15) is 5.75 Å². The predicted molar refractivity (Wildman–Crippen MR) is 52.4 cm³/mol. The molecule has 0 aliphatic heterocycles. The normalized spacial score (nSPS) is 10.5. The molecule has 0 saturated carbocycles. The molecule has 0 aromatic heterocycles. The van der Waals surface area contributed by atoms with Crippen molar-refractivity contribution in [2.24, 2.45) is 0 Å². The van der Waals surface area contributed by atoms with E-state index >= 15 is 0 Å². The Balaban J connectivity index is 3.08. The topological polar surface area (TPSA) is 49.7 Å². The Morgan fingerprint density at radius 1 is 1.40 bits per heavy atom. The lowest BCUT2D eigenvalue weighted by Crippen LogP contribution is -2.31. The Labute approximate surface area is 86.5 Å². The number of benzene rings is 1. The van der Waals surface area contributed by atoms with Gasteiger partial charge in [-0.1, -0.05) is 12.1 Å². The molecule has 15 heavy (non-hydrogen) atoms. The first-order chi connectivity index (χ1) is 7.06. The molecule has 0 bridgehead atoms. The summed E-state index contributed by atoms with van der Waals surface area (Å²) in [5.74, 6) is 0.0744. The summed E-state index contributed by atoms with van der Waals surface area (Å²) in [6.07, 6.45) is -2.60. The maximum atomic E-state index is 12.3. The Morgan fingerprint density at radius 3 is 2.53 bits per heavy atom. The summed E-state index contributed by atoms with van der Waals surface area (Å²) in [4.78, 5) is 0. The SMILES string of the molecule is CCOc1cc(C(F)F)ccc1B(O)O. The predicted octanol–water partition coefficient (Wildman–Crippen LogP) is 0.703. The summed E-state index contributed by atoms with van der Waals surface area (Å²) in [5, 5.41) is 17.9. The lowest BCUT2D eigenvalue weighted by atomic mass is 9.79.